The average molecular weight is 234 g/mol. The third-order valence-electron chi connectivity index (χ3n) is 4.28. The molecule has 17 heavy (non-hydrogen) atoms. The summed E-state index contributed by atoms with van der Waals surface area (Å²) >= 11 is 0. The van der Waals surface area contributed by atoms with E-state index in [1.165, 1.54) is 31.5 Å². The predicted molar refractivity (Wildman–Crippen MR) is 67.9 cm³/mol. The van der Waals surface area contributed by atoms with Gasteiger partial charge in [-0.3, -0.25) is 4.90 Å². The molecule has 3 heteroatoms. The van der Waals surface area contributed by atoms with Gasteiger partial charge in [0.05, 0.1) is 19.3 Å². The second-order valence-corrected chi connectivity index (χ2v) is 5.43. The lowest BCUT2D eigenvalue weighted by atomic mass is 9.84. The largest absolute Gasteiger partial charge is 0.378 e. The highest BCUT2D eigenvalue weighted by Crippen LogP contribution is 2.31. The summed E-state index contributed by atoms with van der Waals surface area (Å²) in [5.74, 6) is 0.941. The minimum Gasteiger partial charge on any atom is -0.378 e. The van der Waals surface area contributed by atoms with Gasteiger partial charge in [-0.1, -0.05) is 6.42 Å². The normalized spacial score (nSPS) is 27.0. The van der Waals surface area contributed by atoms with Gasteiger partial charge in [0.2, 0.25) is 0 Å². The van der Waals surface area contributed by atoms with Crippen LogP contribution in [0.1, 0.15) is 31.0 Å². The molecule has 1 aliphatic carbocycles. The fourth-order valence-electron chi connectivity index (χ4n) is 2.96. The van der Waals surface area contributed by atoms with E-state index in [0.717, 1.165) is 25.7 Å². The van der Waals surface area contributed by atoms with E-state index in [0.29, 0.717) is 6.04 Å². The average Bonchev–Trinajstić information content (AvgIpc) is 2.70. The summed E-state index contributed by atoms with van der Waals surface area (Å²) in [7, 11) is 2.13. The van der Waals surface area contributed by atoms with Gasteiger partial charge < -0.3 is 9.30 Å². The fourth-order valence-corrected chi connectivity index (χ4v) is 2.96. The number of hydrogen-bond donors (Lipinski definition) is 0. The molecule has 0 unspecified atom stereocenters. The Balaban J connectivity index is 1.72. The molecule has 0 amide bonds. The molecule has 0 bridgehead atoms. The van der Waals surface area contributed by atoms with Crippen LogP contribution in [0.2, 0.25) is 0 Å². The van der Waals surface area contributed by atoms with Gasteiger partial charge in [0.25, 0.3) is 0 Å². The first-order valence-electron chi connectivity index (χ1n) is 6.77. The maximum Gasteiger partial charge on any atom is 0.0738 e. The van der Waals surface area contributed by atoms with Gasteiger partial charge in [0, 0.05) is 32.0 Å². The van der Waals surface area contributed by atoms with Crippen molar-refractivity contribution in [2.24, 2.45) is 13.0 Å². The van der Waals surface area contributed by atoms with Crippen molar-refractivity contribution in [1.29, 1.82) is 0 Å². The Bertz CT molecular complexity index is 370. The summed E-state index contributed by atoms with van der Waals surface area (Å²) in [5, 5.41) is 0. The van der Waals surface area contributed by atoms with Crippen LogP contribution in [0.15, 0.2) is 18.3 Å². The molecule has 1 aromatic rings. The molecular weight excluding hydrogens is 212 g/mol. The van der Waals surface area contributed by atoms with Crippen molar-refractivity contribution in [3.63, 3.8) is 0 Å². The van der Waals surface area contributed by atoms with Gasteiger partial charge in [0.1, 0.15) is 0 Å². The van der Waals surface area contributed by atoms with Gasteiger partial charge in [-0.2, -0.15) is 0 Å². The zero-order chi connectivity index (χ0) is 11.7. The number of morpholine rings is 1. The molecule has 2 aliphatic rings. The molecule has 3 nitrogen and oxygen atoms in total. The van der Waals surface area contributed by atoms with Crippen molar-refractivity contribution < 1.29 is 4.74 Å². The summed E-state index contributed by atoms with van der Waals surface area (Å²) in [5.41, 5.74) is 1.39. The molecule has 1 aliphatic heterocycles. The van der Waals surface area contributed by atoms with Crippen LogP contribution in [-0.2, 0) is 11.8 Å². The summed E-state index contributed by atoms with van der Waals surface area (Å²) in [4.78, 5) is 2.63. The first-order chi connectivity index (χ1) is 8.34. The Morgan fingerprint density at radius 3 is 2.94 bits per heavy atom. The van der Waals surface area contributed by atoms with E-state index in [1.54, 1.807) is 0 Å². The molecule has 1 saturated heterocycles. The minimum atomic E-state index is 0.462. The molecule has 1 aromatic heterocycles. The summed E-state index contributed by atoms with van der Waals surface area (Å²) in [6, 6.07) is 4.82. The minimum absolute atomic E-state index is 0.462. The van der Waals surface area contributed by atoms with Gasteiger partial charge in [-0.15, -0.1) is 0 Å². The van der Waals surface area contributed by atoms with E-state index in [1.807, 2.05) is 0 Å². The number of hydrogen-bond acceptors (Lipinski definition) is 2. The lowest BCUT2D eigenvalue weighted by Gasteiger charge is -2.40. The van der Waals surface area contributed by atoms with Crippen molar-refractivity contribution >= 4 is 0 Å². The monoisotopic (exact) mass is 234 g/mol. The standard InChI is InChI=1S/C14H22N2O/c1-15-7-3-6-13(15)14-11-17-9-8-16(14)10-12-4-2-5-12/h3,6-7,12,14H,2,4-5,8-11H2,1H3/t14-/m0/s1. The predicted octanol–water partition coefficient (Wildman–Crippen LogP) is 2.20. The van der Waals surface area contributed by atoms with Gasteiger partial charge in [-0.25, -0.2) is 0 Å². The maximum atomic E-state index is 5.67. The first-order valence-corrected chi connectivity index (χ1v) is 6.77. The highest BCUT2D eigenvalue weighted by atomic mass is 16.5. The Morgan fingerprint density at radius 2 is 2.29 bits per heavy atom. The second kappa shape index (κ2) is 4.83. The zero-order valence-electron chi connectivity index (χ0n) is 10.6. The molecule has 94 valence electrons. The third kappa shape index (κ3) is 2.26. The number of aryl methyl sites for hydroxylation is 1. The van der Waals surface area contributed by atoms with Gasteiger partial charge in [-0.05, 0) is 30.9 Å². The van der Waals surface area contributed by atoms with Crippen molar-refractivity contribution in [2.75, 3.05) is 26.3 Å². The second-order valence-electron chi connectivity index (χ2n) is 5.43. The molecule has 0 radical (unpaired) electrons. The lowest BCUT2D eigenvalue weighted by Crippen LogP contribution is -2.43. The number of aromatic nitrogens is 1. The van der Waals surface area contributed by atoms with Crippen LogP contribution in [0.4, 0.5) is 0 Å². The Morgan fingerprint density at radius 1 is 1.41 bits per heavy atom. The van der Waals surface area contributed by atoms with Crippen LogP contribution in [0.5, 0.6) is 0 Å². The van der Waals surface area contributed by atoms with Gasteiger partial charge in [0.15, 0.2) is 0 Å². The Hall–Kier alpha value is -0.800. The molecule has 0 spiro atoms. The summed E-state index contributed by atoms with van der Waals surface area (Å²) < 4.78 is 7.90. The van der Waals surface area contributed by atoms with Crippen molar-refractivity contribution in [3.05, 3.63) is 24.0 Å². The van der Waals surface area contributed by atoms with Crippen molar-refractivity contribution in [3.8, 4) is 0 Å². The van der Waals surface area contributed by atoms with E-state index >= 15 is 0 Å². The Labute approximate surface area is 103 Å². The maximum absolute atomic E-state index is 5.67. The molecule has 2 heterocycles. The van der Waals surface area contributed by atoms with Crippen molar-refractivity contribution in [1.82, 2.24) is 9.47 Å². The molecule has 2 fully saturated rings. The smallest absolute Gasteiger partial charge is 0.0738 e. The van der Waals surface area contributed by atoms with Crippen LogP contribution in [-0.4, -0.2) is 35.8 Å². The van der Waals surface area contributed by atoms with E-state index in [2.05, 4.69) is 34.8 Å². The Kier molecular flexibility index (Phi) is 3.21. The van der Waals surface area contributed by atoms with Crippen LogP contribution >= 0.6 is 0 Å². The van der Waals surface area contributed by atoms with E-state index in [-0.39, 0.29) is 0 Å². The lowest BCUT2D eigenvalue weighted by molar-refractivity contribution is -0.0233. The molecule has 1 saturated carbocycles. The highest BCUT2D eigenvalue weighted by molar-refractivity contribution is 5.12. The quantitative estimate of drug-likeness (QED) is 0.797. The third-order valence-corrected chi connectivity index (χ3v) is 4.28. The summed E-state index contributed by atoms with van der Waals surface area (Å²) in [6.45, 7) is 4.10. The molecule has 1 atom stereocenters. The zero-order valence-corrected chi connectivity index (χ0v) is 10.6. The van der Waals surface area contributed by atoms with E-state index < -0.39 is 0 Å². The molecule has 0 aromatic carbocycles. The van der Waals surface area contributed by atoms with Crippen LogP contribution in [0, 0.1) is 5.92 Å². The van der Waals surface area contributed by atoms with Crippen LogP contribution in [0.3, 0.4) is 0 Å². The van der Waals surface area contributed by atoms with Crippen molar-refractivity contribution in [2.45, 2.75) is 25.3 Å². The van der Waals surface area contributed by atoms with E-state index in [4.69, 9.17) is 4.74 Å². The SMILES string of the molecule is Cn1cccc1[C@@H]1COCCN1CC1CCC1. The fraction of sp³-hybridized carbons (Fsp3) is 0.714. The number of rotatable bonds is 3. The first kappa shape index (κ1) is 11.3. The molecule has 0 N–H and O–H groups in total. The molecular formula is C14H22N2O. The highest BCUT2D eigenvalue weighted by Gasteiger charge is 2.29. The van der Waals surface area contributed by atoms with Crippen LogP contribution in [0.25, 0.3) is 0 Å². The summed E-state index contributed by atoms with van der Waals surface area (Å²) in [6.07, 6.45) is 6.42. The number of ether oxygens (including phenoxy) is 1. The van der Waals surface area contributed by atoms with Crippen LogP contribution < -0.4 is 0 Å². The van der Waals surface area contributed by atoms with E-state index in [9.17, 15) is 0 Å². The number of nitrogens with zero attached hydrogens (tertiary/aromatic N) is 2. The topological polar surface area (TPSA) is 17.4 Å². The molecule has 3 rings (SSSR count). The van der Waals surface area contributed by atoms with Gasteiger partial charge >= 0.3 is 0 Å².